The molecule has 2 rings (SSSR count). The van der Waals surface area contributed by atoms with Crippen LogP contribution in [0.1, 0.15) is 21.5 Å². The van der Waals surface area contributed by atoms with Gasteiger partial charge in [-0.3, -0.25) is 4.79 Å². The zero-order valence-electron chi connectivity index (χ0n) is 11.0. The summed E-state index contributed by atoms with van der Waals surface area (Å²) in [6, 6.07) is 9.98. The molecule has 0 atom stereocenters. The number of amides is 1. The SMILES string of the molecule is O=C(NCc1c(Cl)cc(C(F)(F)F)cc1Cl)c1ccccc1. The van der Waals surface area contributed by atoms with Crippen molar-refractivity contribution in [2.24, 2.45) is 0 Å². The normalized spacial score (nSPS) is 11.3. The van der Waals surface area contributed by atoms with Crippen LogP contribution in [0.25, 0.3) is 0 Å². The van der Waals surface area contributed by atoms with E-state index in [1.165, 1.54) is 0 Å². The van der Waals surface area contributed by atoms with Crippen LogP contribution in [0.15, 0.2) is 42.5 Å². The molecule has 0 heterocycles. The average molecular weight is 348 g/mol. The van der Waals surface area contributed by atoms with E-state index in [9.17, 15) is 18.0 Å². The van der Waals surface area contributed by atoms with E-state index < -0.39 is 11.7 Å². The van der Waals surface area contributed by atoms with Gasteiger partial charge in [0.2, 0.25) is 0 Å². The minimum atomic E-state index is -4.53. The summed E-state index contributed by atoms with van der Waals surface area (Å²) in [4.78, 5) is 11.9. The highest BCUT2D eigenvalue weighted by atomic mass is 35.5. The van der Waals surface area contributed by atoms with Crippen molar-refractivity contribution >= 4 is 29.1 Å². The van der Waals surface area contributed by atoms with Crippen LogP contribution < -0.4 is 5.32 Å². The van der Waals surface area contributed by atoms with E-state index in [0.717, 1.165) is 12.1 Å². The van der Waals surface area contributed by atoms with Crippen LogP contribution in [0.2, 0.25) is 10.0 Å². The van der Waals surface area contributed by atoms with E-state index in [1.54, 1.807) is 30.3 Å². The topological polar surface area (TPSA) is 29.1 Å². The Morgan fingerprint density at radius 2 is 1.59 bits per heavy atom. The molecule has 0 saturated carbocycles. The second kappa shape index (κ2) is 6.58. The van der Waals surface area contributed by atoms with E-state index in [4.69, 9.17) is 23.2 Å². The molecule has 0 radical (unpaired) electrons. The van der Waals surface area contributed by atoms with Gasteiger partial charge < -0.3 is 5.32 Å². The van der Waals surface area contributed by atoms with Gasteiger partial charge in [-0.25, -0.2) is 0 Å². The van der Waals surface area contributed by atoms with Crippen LogP contribution in [0.3, 0.4) is 0 Å². The van der Waals surface area contributed by atoms with Crippen LogP contribution in [0.5, 0.6) is 0 Å². The van der Waals surface area contributed by atoms with E-state index >= 15 is 0 Å². The molecular formula is C15H10Cl2F3NO. The molecule has 0 aliphatic heterocycles. The van der Waals surface area contributed by atoms with Gasteiger partial charge >= 0.3 is 6.18 Å². The first-order chi connectivity index (χ1) is 10.3. The van der Waals surface area contributed by atoms with E-state index in [0.29, 0.717) is 5.56 Å². The van der Waals surface area contributed by atoms with Crippen molar-refractivity contribution < 1.29 is 18.0 Å². The average Bonchev–Trinajstić information content (AvgIpc) is 2.46. The van der Waals surface area contributed by atoms with Gasteiger partial charge in [0.1, 0.15) is 0 Å². The second-order valence-electron chi connectivity index (χ2n) is 4.46. The molecule has 22 heavy (non-hydrogen) atoms. The quantitative estimate of drug-likeness (QED) is 0.836. The summed E-state index contributed by atoms with van der Waals surface area (Å²) in [6.07, 6.45) is -4.53. The first-order valence-corrected chi connectivity index (χ1v) is 6.93. The summed E-state index contributed by atoms with van der Waals surface area (Å²) >= 11 is 11.7. The maximum atomic E-state index is 12.6. The lowest BCUT2D eigenvalue weighted by atomic mass is 10.1. The summed E-state index contributed by atoms with van der Waals surface area (Å²) in [7, 11) is 0. The van der Waals surface area contributed by atoms with Gasteiger partial charge in [-0.1, -0.05) is 41.4 Å². The fraction of sp³-hybridized carbons (Fsp3) is 0.133. The van der Waals surface area contributed by atoms with Crippen LogP contribution in [-0.4, -0.2) is 5.91 Å². The molecule has 2 aromatic carbocycles. The lowest BCUT2D eigenvalue weighted by Crippen LogP contribution is -2.23. The lowest BCUT2D eigenvalue weighted by Gasteiger charge is -2.13. The van der Waals surface area contributed by atoms with E-state index in [1.807, 2.05) is 0 Å². The molecule has 116 valence electrons. The predicted molar refractivity (Wildman–Crippen MR) is 79.1 cm³/mol. The number of alkyl halides is 3. The summed E-state index contributed by atoms with van der Waals surface area (Å²) in [5, 5.41) is 2.28. The number of hydrogen-bond acceptors (Lipinski definition) is 1. The van der Waals surface area contributed by atoms with Gasteiger partial charge in [0.15, 0.2) is 0 Å². The molecule has 0 aromatic heterocycles. The van der Waals surface area contributed by atoms with E-state index in [-0.39, 0.29) is 28.1 Å². The maximum Gasteiger partial charge on any atom is 0.416 e. The first kappa shape index (κ1) is 16.6. The Morgan fingerprint density at radius 3 is 2.09 bits per heavy atom. The molecular weight excluding hydrogens is 338 g/mol. The molecule has 7 heteroatoms. The third kappa shape index (κ3) is 3.93. The number of halogens is 5. The van der Waals surface area contributed by atoms with Crippen molar-refractivity contribution in [2.45, 2.75) is 12.7 Å². The Bertz CT molecular complexity index is 664. The van der Waals surface area contributed by atoms with E-state index in [2.05, 4.69) is 5.32 Å². The highest BCUT2D eigenvalue weighted by molar-refractivity contribution is 6.36. The van der Waals surface area contributed by atoms with Gasteiger partial charge in [0.25, 0.3) is 5.91 Å². The van der Waals surface area contributed by atoms with Gasteiger partial charge in [0.05, 0.1) is 5.56 Å². The molecule has 0 spiro atoms. The summed E-state index contributed by atoms with van der Waals surface area (Å²) in [5.74, 6) is -0.368. The Balaban J connectivity index is 2.16. The Hall–Kier alpha value is -1.72. The number of carbonyl (C=O) groups is 1. The van der Waals surface area contributed by atoms with Gasteiger partial charge in [-0.15, -0.1) is 0 Å². The first-order valence-electron chi connectivity index (χ1n) is 6.17. The molecule has 2 nitrogen and oxygen atoms in total. The van der Waals surface area contributed by atoms with Crippen molar-refractivity contribution in [1.29, 1.82) is 0 Å². The number of carbonyl (C=O) groups excluding carboxylic acids is 1. The van der Waals surface area contributed by atoms with Crippen molar-refractivity contribution in [3.05, 3.63) is 69.2 Å². The fourth-order valence-corrected chi connectivity index (χ4v) is 2.42. The Labute approximate surface area is 134 Å². The van der Waals surface area contributed by atoms with Crippen molar-refractivity contribution in [3.63, 3.8) is 0 Å². The maximum absolute atomic E-state index is 12.6. The molecule has 0 fully saturated rings. The predicted octanol–water partition coefficient (Wildman–Crippen LogP) is 4.94. The fourth-order valence-electron chi connectivity index (χ4n) is 1.80. The molecule has 0 aliphatic carbocycles. The van der Waals surface area contributed by atoms with Crippen molar-refractivity contribution in [3.8, 4) is 0 Å². The van der Waals surface area contributed by atoms with Gasteiger partial charge in [0, 0.05) is 27.7 Å². The number of hydrogen-bond donors (Lipinski definition) is 1. The second-order valence-corrected chi connectivity index (χ2v) is 5.28. The third-order valence-electron chi connectivity index (χ3n) is 2.93. The number of nitrogens with one attached hydrogen (secondary N) is 1. The molecule has 1 amide bonds. The molecule has 0 aliphatic rings. The standard InChI is InChI=1S/C15H10Cl2F3NO/c16-12-6-10(15(18,19)20)7-13(17)11(12)8-21-14(22)9-4-2-1-3-5-9/h1-7H,8H2,(H,21,22). The molecule has 0 saturated heterocycles. The minimum absolute atomic E-state index is 0.0659. The Kier molecular flexibility index (Phi) is 4.98. The van der Waals surface area contributed by atoms with Crippen LogP contribution in [0.4, 0.5) is 13.2 Å². The third-order valence-corrected chi connectivity index (χ3v) is 3.60. The molecule has 0 bridgehead atoms. The van der Waals surface area contributed by atoms with Crippen LogP contribution >= 0.6 is 23.2 Å². The number of rotatable bonds is 3. The van der Waals surface area contributed by atoms with Crippen LogP contribution in [0, 0.1) is 0 Å². The monoisotopic (exact) mass is 347 g/mol. The largest absolute Gasteiger partial charge is 0.416 e. The summed E-state index contributed by atoms with van der Waals surface area (Å²) in [5.41, 5.74) is -0.261. The highest BCUT2D eigenvalue weighted by Gasteiger charge is 2.31. The summed E-state index contributed by atoms with van der Waals surface area (Å²) < 4.78 is 37.9. The Morgan fingerprint density at radius 1 is 1.05 bits per heavy atom. The van der Waals surface area contributed by atoms with Gasteiger partial charge in [-0.2, -0.15) is 13.2 Å². The zero-order chi connectivity index (χ0) is 16.3. The molecule has 1 N–H and O–H groups in total. The van der Waals surface area contributed by atoms with Gasteiger partial charge in [-0.05, 0) is 24.3 Å². The molecule has 2 aromatic rings. The zero-order valence-corrected chi connectivity index (χ0v) is 12.6. The number of benzene rings is 2. The molecule has 0 unspecified atom stereocenters. The smallest absolute Gasteiger partial charge is 0.348 e. The lowest BCUT2D eigenvalue weighted by molar-refractivity contribution is -0.137. The van der Waals surface area contributed by atoms with Crippen molar-refractivity contribution in [1.82, 2.24) is 5.32 Å². The summed E-state index contributed by atoms with van der Waals surface area (Å²) in [6.45, 7) is -0.0659. The minimum Gasteiger partial charge on any atom is -0.348 e. The highest BCUT2D eigenvalue weighted by Crippen LogP contribution is 2.35. The van der Waals surface area contributed by atoms with Crippen LogP contribution in [-0.2, 0) is 12.7 Å². The van der Waals surface area contributed by atoms with Crippen molar-refractivity contribution in [2.75, 3.05) is 0 Å².